The van der Waals surface area contributed by atoms with E-state index in [1.54, 1.807) is 16.7 Å². The lowest BCUT2D eigenvalue weighted by Crippen LogP contribution is -2.55. The van der Waals surface area contributed by atoms with Crippen LogP contribution in [0, 0.1) is 0 Å². The Kier molecular flexibility index (Phi) is 4.22. The summed E-state index contributed by atoms with van der Waals surface area (Å²) >= 11 is 0. The van der Waals surface area contributed by atoms with Gasteiger partial charge in [-0.2, -0.15) is 0 Å². The predicted octanol–water partition coefficient (Wildman–Crippen LogP) is 0.164. The van der Waals surface area contributed by atoms with Crippen LogP contribution in [-0.4, -0.2) is 72.0 Å². The molecule has 0 spiro atoms. The van der Waals surface area contributed by atoms with Crippen molar-refractivity contribution >= 4 is 21.8 Å². The Labute approximate surface area is 118 Å². The highest BCUT2D eigenvalue weighted by Crippen LogP contribution is 2.23. The lowest BCUT2D eigenvalue weighted by molar-refractivity contribution is -0.138. The molecule has 0 aromatic carbocycles. The fourth-order valence-corrected chi connectivity index (χ4v) is 4.51. The molecule has 2 aliphatic rings. The van der Waals surface area contributed by atoms with Crippen LogP contribution < -0.4 is 0 Å². The number of aliphatic carboxylic acids is 1. The Hall–Kier alpha value is -1.31. The van der Waals surface area contributed by atoms with E-state index in [2.05, 4.69) is 0 Å². The maximum absolute atomic E-state index is 12.5. The number of sulfone groups is 1. The summed E-state index contributed by atoms with van der Waals surface area (Å²) in [4.78, 5) is 26.4. The number of amides is 2. The Balaban J connectivity index is 2.05. The maximum Gasteiger partial charge on any atom is 0.320 e. The number of carboxylic acid groups (broad SMARTS) is 1. The smallest absolute Gasteiger partial charge is 0.320 e. The molecule has 2 saturated heterocycles. The molecule has 2 aliphatic heterocycles. The van der Waals surface area contributed by atoms with Crippen LogP contribution in [0.15, 0.2) is 0 Å². The van der Waals surface area contributed by atoms with Crippen LogP contribution in [0.1, 0.15) is 26.2 Å². The fraction of sp³-hybridized carbons (Fsp3) is 0.833. The van der Waals surface area contributed by atoms with Crippen LogP contribution in [0.3, 0.4) is 0 Å². The molecule has 114 valence electrons. The summed E-state index contributed by atoms with van der Waals surface area (Å²) in [5, 5.41) is 8.87. The molecule has 1 N–H and O–H groups in total. The lowest BCUT2D eigenvalue weighted by Gasteiger charge is -2.37. The zero-order valence-corrected chi connectivity index (χ0v) is 12.3. The van der Waals surface area contributed by atoms with Gasteiger partial charge in [-0.15, -0.1) is 0 Å². The van der Waals surface area contributed by atoms with Crippen molar-refractivity contribution in [1.82, 2.24) is 9.80 Å². The minimum atomic E-state index is -3.06. The first-order valence-corrected chi connectivity index (χ1v) is 8.62. The van der Waals surface area contributed by atoms with Gasteiger partial charge in [0.15, 0.2) is 9.84 Å². The molecule has 0 bridgehead atoms. The number of hydrogen-bond acceptors (Lipinski definition) is 4. The van der Waals surface area contributed by atoms with E-state index >= 15 is 0 Å². The molecule has 0 aliphatic carbocycles. The van der Waals surface area contributed by atoms with Gasteiger partial charge in [-0.25, -0.2) is 13.2 Å². The summed E-state index contributed by atoms with van der Waals surface area (Å²) in [7, 11) is -3.06. The highest BCUT2D eigenvalue weighted by atomic mass is 32.2. The maximum atomic E-state index is 12.5. The summed E-state index contributed by atoms with van der Waals surface area (Å²) in [5.41, 5.74) is 0. The molecule has 2 unspecified atom stereocenters. The minimum Gasteiger partial charge on any atom is -0.481 e. The van der Waals surface area contributed by atoms with E-state index in [9.17, 15) is 18.0 Å². The second kappa shape index (κ2) is 5.59. The van der Waals surface area contributed by atoms with Crippen molar-refractivity contribution in [3.63, 3.8) is 0 Å². The fourth-order valence-electron chi connectivity index (χ4n) is 2.95. The van der Waals surface area contributed by atoms with Gasteiger partial charge < -0.3 is 14.9 Å². The summed E-state index contributed by atoms with van der Waals surface area (Å²) in [6.07, 6.45) is 1.44. The average Bonchev–Trinajstić information content (AvgIpc) is 2.74. The van der Waals surface area contributed by atoms with Crippen LogP contribution in [0.5, 0.6) is 0 Å². The van der Waals surface area contributed by atoms with Crippen molar-refractivity contribution in [3.05, 3.63) is 0 Å². The molecule has 2 atom stereocenters. The van der Waals surface area contributed by atoms with Crippen molar-refractivity contribution in [3.8, 4) is 0 Å². The van der Waals surface area contributed by atoms with Gasteiger partial charge in [0.25, 0.3) is 0 Å². The predicted molar refractivity (Wildman–Crippen MR) is 72.2 cm³/mol. The largest absolute Gasteiger partial charge is 0.481 e. The van der Waals surface area contributed by atoms with E-state index < -0.39 is 15.8 Å². The molecule has 7 nitrogen and oxygen atoms in total. The average molecular weight is 304 g/mol. The molecule has 2 heterocycles. The van der Waals surface area contributed by atoms with E-state index in [1.807, 2.05) is 0 Å². The van der Waals surface area contributed by atoms with Crippen molar-refractivity contribution in [1.29, 1.82) is 0 Å². The van der Waals surface area contributed by atoms with E-state index in [0.29, 0.717) is 13.0 Å². The van der Waals surface area contributed by atoms with Crippen molar-refractivity contribution in [2.45, 2.75) is 38.3 Å². The summed E-state index contributed by atoms with van der Waals surface area (Å²) < 4.78 is 23.1. The van der Waals surface area contributed by atoms with Crippen molar-refractivity contribution in [2.24, 2.45) is 0 Å². The molecule has 8 heteroatoms. The second-order valence-corrected chi connectivity index (χ2v) is 7.76. The molecule has 2 amide bonds. The topological polar surface area (TPSA) is 95.0 Å². The Morgan fingerprint density at radius 3 is 2.55 bits per heavy atom. The first-order valence-electron chi connectivity index (χ1n) is 6.79. The zero-order chi connectivity index (χ0) is 14.9. The van der Waals surface area contributed by atoms with Gasteiger partial charge in [0.2, 0.25) is 0 Å². The van der Waals surface area contributed by atoms with Gasteiger partial charge in [0.05, 0.1) is 17.9 Å². The number of likely N-dealkylation sites (tertiary alicyclic amines) is 1. The van der Waals surface area contributed by atoms with Gasteiger partial charge in [-0.1, -0.05) is 0 Å². The first-order chi connectivity index (χ1) is 9.30. The van der Waals surface area contributed by atoms with Crippen molar-refractivity contribution in [2.75, 3.05) is 24.6 Å². The Bertz CT molecular complexity index is 504. The highest BCUT2D eigenvalue weighted by molar-refractivity contribution is 7.91. The molecule has 0 saturated carbocycles. The molecule has 0 aromatic rings. The van der Waals surface area contributed by atoms with Crippen LogP contribution in [-0.2, 0) is 14.6 Å². The quantitative estimate of drug-likeness (QED) is 0.784. The zero-order valence-electron chi connectivity index (χ0n) is 11.5. The normalized spacial score (nSPS) is 29.4. The molecule has 2 rings (SSSR count). The van der Waals surface area contributed by atoms with E-state index in [0.717, 1.165) is 6.42 Å². The van der Waals surface area contributed by atoms with E-state index in [1.165, 1.54) is 0 Å². The number of urea groups is 1. The Morgan fingerprint density at radius 1 is 1.25 bits per heavy atom. The van der Waals surface area contributed by atoms with Crippen LogP contribution >= 0.6 is 0 Å². The highest BCUT2D eigenvalue weighted by Gasteiger charge is 2.37. The summed E-state index contributed by atoms with van der Waals surface area (Å²) in [6.45, 7) is 2.46. The monoisotopic (exact) mass is 304 g/mol. The number of rotatable bonds is 2. The van der Waals surface area contributed by atoms with Crippen LogP contribution in [0.25, 0.3) is 0 Å². The standard InChI is InChI=1S/C12H20N2O5S/c1-9-8-20(18,19)6-5-13(9)12(17)14-4-2-3-10(14)7-11(15)16/h9-10H,2-8H2,1H3,(H,15,16). The Morgan fingerprint density at radius 2 is 1.95 bits per heavy atom. The second-order valence-electron chi connectivity index (χ2n) is 5.53. The van der Waals surface area contributed by atoms with Gasteiger partial charge in [-0.05, 0) is 19.8 Å². The first kappa shape index (κ1) is 15.1. The molecule has 2 fully saturated rings. The number of carboxylic acids is 1. The van der Waals surface area contributed by atoms with Crippen LogP contribution in [0.2, 0.25) is 0 Å². The minimum absolute atomic E-state index is 0.0134. The van der Waals surface area contributed by atoms with Gasteiger partial charge in [-0.3, -0.25) is 4.79 Å². The SMILES string of the molecule is CC1CS(=O)(=O)CCN1C(=O)N1CCCC1CC(=O)O. The van der Waals surface area contributed by atoms with Gasteiger partial charge in [0.1, 0.15) is 0 Å². The summed E-state index contributed by atoms with van der Waals surface area (Å²) in [5.74, 6) is -0.944. The third kappa shape index (κ3) is 3.23. The number of hydrogen-bond donors (Lipinski definition) is 1. The van der Waals surface area contributed by atoms with Crippen molar-refractivity contribution < 1.29 is 23.1 Å². The molecular weight excluding hydrogens is 284 g/mol. The van der Waals surface area contributed by atoms with E-state index in [4.69, 9.17) is 5.11 Å². The third-order valence-corrected chi connectivity index (χ3v) is 5.74. The molecule has 20 heavy (non-hydrogen) atoms. The van der Waals surface area contributed by atoms with Gasteiger partial charge in [0, 0.05) is 25.2 Å². The van der Waals surface area contributed by atoms with Crippen LogP contribution in [0.4, 0.5) is 4.79 Å². The summed E-state index contributed by atoms with van der Waals surface area (Å²) in [6, 6.07) is -0.853. The molecule has 0 radical (unpaired) electrons. The third-order valence-electron chi connectivity index (χ3n) is 3.95. The molecule has 0 aromatic heterocycles. The van der Waals surface area contributed by atoms with Gasteiger partial charge >= 0.3 is 12.0 Å². The lowest BCUT2D eigenvalue weighted by atomic mass is 10.1. The van der Waals surface area contributed by atoms with E-state index in [-0.39, 0.29) is 42.6 Å². The molecular formula is C12H20N2O5S. The number of carbonyl (C=O) groups is 2. The number of nitrogens with zero attached hydrogens (tertiary/aromatic N) is 2. The number of carbonyl (C=O) groups excluding carboxylic acids is 1.